The fourth-order valence-corrected chi connectivity index (χ4v) is 4.57. The molecule has 0 radical (unpaired) electrons. The molecule has 11 heteroatoms. The first-order valence-corrected chi connectivity index (χ1v) is 9.32. The lowest BCUT2D eigenvalue weighted by Gasteiger charge is -2.31. The van der Waals surface area contributed by atoms with Crippen molar-refractivity contribution in [2.24, 2.45) is 7.05 Å². The molecule has 25 heavy (non-hydrogen) atoms. The minimum absolute atomic E-state index is 0.0580. The van der Waals surface area contributed by atoms with Crippen LogP contribution in [0.4, 0.5) is 0 Å². The van der Waals surface area contributed by atoms with Gasteiger partial charge >= 0.3 is 0 Å². The number of likely N-dealkylation sites (tertiary alicyclic amines) is 1. The molecule has 0 aromatic carbocycles. The van der Waals surface area contributed by atoms with Gasteiger partial charge in [-0.3, -0.25) is 9.59 Å². The standard InChI is InChI=1S/C14H18N6O4S/c1-18-10-15-17-14(18)25(23,24)11-4-7-19(8-5-11)13(22)9-20-12(21)3-2-6-16-20/h2-3,6,10-11H,4-5,7-9H2,1H3. The highest BCUT2D eigenvalue weighted by atomic mass is 32.2. The highest BCUT2D eigenvalue weighted by Gasteiger charge is 2.35. The van der Waals surface area contributed by atoms with Gasteiger partial charge in [-0.25, -0.2) is 13.1 Å². The Balaban J connectivity index is 1.64. The van der Waals surface area contributed by atoms with Crippen LogP contribution in [0, 0.1) is 0 Å². The summed E-state index contributed by atoms with van der Waals surface area (Å²) in [6.45, 7) is 0.463. The first-order valence-electron chi connectivity index (χ1n) is 7.77. The van der Waals surface area contributed by atoms with Crippen LogP contribution >= 0.6 is 0 Å². The number of carbonyl (C=O) groups is 1. The molecule has 1 aliphatic heterocycles. The van der Waals surface area contributed by atoms with Gasteiger partial charge in [0.1, 0.15) is 12.9 Å². The predicted octanol–water partition coefficient (Wildman–Crippen LogP) is -1.16. The largest absolute Gasteiger partial charge is 0.341 e. The summed E-state index contributed by atoms with van der Waals surface area (Å²) in [6, 6.07) is 2.84. The van der Waals surface area contributed by atoms with Gasteiger partial charge in [-0.05, 0) is 18.9 Å². The Labute approximate surface area is 144 Å². The Bertz CT molecular complexity index is 927. The highest BCUT2D eigenvalue weighted by molar-refractivity contribution is 7.91. The van der Waals surface area contributed by atoms with Crippen LogP contribution in [-0.2, 0) is 28.2 Å². The lowest BCUT2D eigenvalue weighted by Crippen LogP contribution is -2.45. The highest BCUT2D eigenvalue weighted by Crippen LogP contribution is 2.23. The van der Waals surface area contributed by atoms with E-state index in [0.29, 0.717) is 25.9 Å². The van der Waals surface area contributed by atoms with Gasteiger partial charge < -0.3 is 9.47 Å². The average molecular weight is 366 g/mol. The number of piperidine rings is 1. The van der Waals surface area contributed by atoms with Gasteiger partial charge in [-0.2, -0.15) is 5.10 Å². The summed E-state index contributed by atoms with van der Waals surface area (Å²) >= 11 is 0. The van der Waals surface area contributed by atoms with Crippen LogP contribution in [-0.4, -0.2) is 62.1 Å². The van der Waals surface area contributed by atoms with E-state index in [0.717, 1.165) is 4.68 Å². The predicted molar refractivity (Wildman–Crippen MR) is 86.3 cm³/mol. The zero-order valence-corrected chi connectivity index (χ0v) is 14.5. The smallest absolute Gasteiger partial charge is 0.267 e. The number of amides is 1. The van der Waals surface area contributed by atoms with Crippen LogP contribution in [0.3, 0.4) is 0 Å². The zero-order chi connectivity index (χ0) is 18.0. The van der Waals surface area contributed by atoms with Gasteiger partial charge in [0.15, 0.2) is 0 Å². The van der Waals surface area contributed by atoms with Crippen molar-refractivity contribution >= 4 is 15.7 Å². The fourth-order valence-electron chi connectivity index (χ4n) is 2.83. The molecule has 0 atom stereocenters. The Hall–Kier alpha value is -2.56. The molecule has 0 aliphatic carbocycles. The molecule has 1 saturated heterocycles. The Morgan fingerprint density at radius 3 is 2.64 bits per heavy atom. The monoisotopic (exact) mass is 366 g/mol. The van der Waals surface area contributed by atoms with E-state index >= 15 is 0 Å². The fraction of sp³-hybridized carbons (Fsp3) is 0.500. The van der Waals surface area contributed by atoms with E-state index < -0.39 is 15.1 Å². The first kappa shape index (κ1) is 17.3. The lowest BCUT2D eigenvalue weighted by atomic mass is 10.1. The summed E-state index contributed by atoms with van der Waals surface area (Å²) in [5.74, 6) is -0.254. The van der Waals surface area contributed by atoms with E-state index in [4.69, 9.17) is 0 Å². The van der Waals surface area contributed by atoms with Gasteiger partial charge in [0, 0.05) is 32.4 Å². The molecule has 10 nitrogen and oxygen atoms in total. The summed E-state index contributed by atoms with van der Waals surface area (Å²) in [4.78, 5) is 25.5. The number of aromatic nitrogens is 5. The summed E-state index contributed by atoms with van der Waals surface area (Å²) in [5, 5.41) is 10.5. The van der Waals surface area contributed by atoms with Crippen molar-refractivity contribution < 1.29 is 13.2 Å². The van der Waals surface area contributed by atoms with Crippen LogP contribution < -0.4 is 5.56 Å². The minimum Gasteiger partial charge on any atom is -0.341 e. The Morgan fingerprint density at radius 2 is 2.04 bits per heavy atom. The summed E-state index contributed by atoms with van der Waals surface area (Å²) in [7, 11) is -2.00. The number of sulfone groups is 1. The second-order valence-corrected chi connectivity index (χ2v) is 7.99. The van der Waals surface area contributed by atoms with E-state index in [1.54, 1.807) is 11.9 Å². The molecule has 134 valence electrons. The van der Waals surface area contributed by atoms with Gasteiger partial charge in [-0.1, -0.05) is 0 Å². The molecule has 3 heterocycles. The molecule has 0 spiro atoms. The van der Waals surface area contributed by atoms with Gasteiger partial charge in [0.05, 0.1) is 5.25 Å². The molecule has 2 aromatic heterocycles. The molecule has 1 amide bonds. The van der Waals surface area contributed by atoms with Gasteiger partial charge in [0.25, 0.3) is 5.56 Å². The van der Waals surface area contributed by atoms with Crippen molar-refractivity contribution in [3.63, 3.8) is 0 Å². The third-order valence-corrected chi connectivity index (χ3v) is 6.46. The van der Waals surface area contributed by atoms with E-state index in [1.165, 1.54) is 29.2 Å². The van der Waals surface area contributed by atoms with Crippen LogP contribution in [0.1, 0.15) is 12.8 Å². The first-order chi connectivity index (χ1) is 11.9. The average Bonchev–Trinajstić information content (AvgIpc) is 3.04. The molecule has 0 saturated carbocycles. The van der Waals surface area contributed by atoms with Crippen molar-refractivity contribution in [2.45, 2.75) is 29.8 Å². The maximum atomic E-state index is 12.6. The summed E-state index contributed by atoms with van der Waals surface area (Å²) in [5.41, 5.74) is -0.351. The molecule has 1 fully saturated rings. The molecular weight excluding hydrogens is 348 g/mol. The molecular formula is C14H18N6O4S. The Morgan fingerprint density at radius 1 is 1.32 bits per heavy atom. The zero-order valence-electron chi connectivity index (χ0n) is 13.6. The third-order valence-electron chi connectivity index (χ3n) is 4.23. The van der Waals surface area contributed by atoms with E-state index in [9.17, 15) is 18.0 Å². The number of rotatable bonds is 4. The number of hydrogen-bond donors (Lipinski definition) is 0. The maximum absolute atomic E-state index is 12.6. The molecule has 1 aliphatic rings. The minimum atomic E-state index is -3.58. The van der Waals surface area contributed by atoms with Crippen molar-refractivity contribution in [1.82, 2.24) is 29.4 Å². The van der Waals surface area contributed by atoms with Crippen LogP contribution in [0.2, 0.25) is 0 Å². The van der Waals surface area contributed by atoms with Crippen LogP contribution in [0.5, 0.6) is 0 Å². The topological polar surface area (TPSA) is 120 Å². The number of nitrogens with zero attached hydrogens (tertiary/aromatic N) is 6. The van der Waals surface area contributed by atoms with E-state index in [-0.39, 0.29) is 23.2 Å². The second-order valence-electron chi connectivity index (χ2n) is 5.87. The van der Waals surface area contributed by atoms with Crippen molar-refractivity contribution in [3.8, 4) is 0 Å². The Kier molecular flexibility index (Phi) is 4.66. The molecule has 3 rings (SSSR count). The SMILES string of the molecule is Cn1cnnc1S(=O)(=O)C1CCN(C(=O)Cn2ncccc2=O)CC1. The maximum Gasteiger partial charge on any atom is 0.267 e. The summed E-state index contributed by atoms with van der Waals surface area (Å²) in [6.07, 6.45) is 3.42. The molecule has 0 unspecified atom stereocenters. The van der Waals surface area contributed by atoms with E-state index in [2.05, 4.69) is 15.3 Å². The number of hydrogen-bond acceptors (Lipinski definition) is 7. The second kappa shape index (κ2) is 6.75. The van der Waals surface area contributed by atoms with E-state index in [1.807, 2.05) is 0 Å². The van der Waals surface area contributed by atoms with Gasteiger partial charge in [-0.15, -0.1) is 10.2 Å². The van der Waals surface area contributed by atoms with Crippen LogP contribution in [0.25, 0.3) is 0 Å². The number of aryl methyl sites for hydroxylation is 1. The molecule has 0 bridgehead atoms. The lowest BCUT2D eigenvalue weighted by molar-refractivity contribution is -0.132. The molecule has 0 N–H and O–H groups in total. The third kappa shape index (κ3) is 3.45. The molecule has 2 aromatic rings. The summed E-state index contributed by atoms with van der Waals surface area (Å²) < 4.78 is 27.7. The number of carbonyl (C=O) groups excluding carboxylic acids is 1. The van der Waals surface area contributed by atoms with Crippen LogP contribution in [0.15, 0.2) is 34.6 Å². The van der Waals surface area contributed by atoms with Crippen molar-refractivity contribution in [2.75, 3.05) is 13.1 Å². The normalized spacial score (nSPS) is 16.1. The van der Waals surface area contributed by atoms with Crippen molar-refractivity contribution in [1.29, 1.82) is 0 Å². The quantitative estimate of drug-likeness (QED) is 0.669. The van der Waals surface area contributed by atoms with Gasteiger partial charge in [0.2, 0.25) is 20.9 Å². The van der Waals surface area contributed by atoms with Crippen molar-refractivity contribution in [3.05, 3.63) is 35.0 Å².